The first kappa shape index (κ1) is 18.3. The van der Waals surface area contributed by atoms with Gasteiger partial charge in [-0.25, -0.2) is 0 Å². The maximum atomic E-state index is 11.9. The Balaban J connectivity index is 1.75. The lowest BCUT2D eigenvalue weighted by molar-refractivity contribution is -0.157. The molecule has 1 fully saturated rings. The highest BCUT2D eigenvalue weighted by molar-refractivity contribution is 5.85. The van der Waals surface area contributed by atoms with E-state index in [9.17, 15) is 14.7 Å². The molecule has 5 heteroatoms. The number of rotatable bonds is 7. The molecule has 0 aliphatic heterocycles. The number of ether oxygens (including phenoxy) is 1. The highest BCUT2D eigenvalue weighted by Crippen LogP contribution is 2.44. The first-order valence-electron chi connectivity index (χ1n) is 8.46. The molecule has 1 amide bonds. The standard InChI is InChI=1S/C19H27NO4/c1-18(2,3)14-6-4-7-15(12-14)24-11-10-20-16(21)13-19(17(22)23)8-5-9-19/h4,6-7,12H,5,8-11,13H2,1-3H3,(H,20,21)(H,22,23). The van der Waals surface area contributed by atoms with Crippen LogP contribution in [0.4, 0.5) is 0 Å². The molecule has 0 spiro atoms. The Morgan fingerprint density at radius 3 is 2.54 bits per heavy atom. The second kappa shape index (κ2) is 7.24. The monoisotopic (exact) mass is 333 g/mol. The van der Waals surface area contributed by atoms with Gasteiger partial charge in [0.15, 0.2) is 0 Å². The number of nitrogens with one attached hydrogen (secondary N) is 1. The third kappa shape index (κ3) is 4.49. The van der Waals surface area contributed by atoms with Crippen LogP contribution in [0, 0.1) is 5.41 Å². The van der Waals surface area contributed by atoms with Crippen LogP contribution in [0.25, 0.3) is 0 Å². The van der Waals surface area contributed by atoms with Crippen molar-refractivity contribution in [2.24, 2.45) is 5.41 Å². The quantitative estimate of drug-likeness (QED) is 0.752. The van der Waals surface area contributed by atoms with E-state index in [4.69, 9.17) is 4.74 Å². The lowest BCUT2D eigenvalue weighted by atomic mass is 9.66. The van der Waals surface area contributed by atoms with Gasteiger partial charge in [0, 0.05) is 6.42 Å². The summed E-state index contributed by atoms with van der Waals surface area (Å²) in [5, 5.41) is 12.0. The van der Waals surface area contributed by atoms with Crippen molar-refractivity contribution in [3.63, 3.8) is 0 Å². The maximum Gasteiger partial charge on any atom is 0.310 e. The van der Waals surface area contributed by atoms with Crippen LogP contribution in [-0.2, 0) is 15.0 Å². The van der Waals surface area contributed by atoms with Gasteiger partial charge in [0.25, 0.3) is 0 Å². The SMILES string of the molecule is CC(C)(C)c1cccc(OCCNC(=O)CC2(C(=O)O)CCC2)c1. The van der Waals surface area contributed by atoms with Crippen molar-refractivity contribution < 1.29 is 19.4 Å². The van der Waals surface area contributed by atoms with Gasteiger partial charge in [0.2, 0.25) is 5.91 Å². The van der Waals surface area contributed by atoms with E-state index in [1.165, 1.54) is 5.56 Å². The molecule has 24 heavy (non-hydrogen) atoms. The van der Waals surface area contributed by atoms with Gasteiger partial charge in [-0.05, 0) is 36.0 Å². The van der Waals surface area contributed by atoms with Crippen LogP contribution in [-0.4, -0.2) is 30.1 Å². The molecule has 0 saturated heterocycles. The number of carbonyl (C=O) groups is 2. The maximum absolute atomic E-state index is 11.9. The smallest absolute Gasteiger partial charge is 0.310 e. The molecule has 0 radical (unpaired) electrons. The fourth-order valence-electron chi connectivity index (χ4n) is 2.85. The van der Waals surface area contributed by atoms with Crippen LogP contribution < -0.4 is 10.1 Å². The van der Waals surface area contributed by atoms with Gasteiger partial charge >= 0.3 is 5.97 Å². The van der Waals surface area contributed by atoms with Crippen molar-refractivity contribution in [2.45, 2.75) is 51.9 Å². The average molecular weight is 333 g/mol. The van der Waals surface area contributed by atoms with Crippen LogP contribution in [0.1, 0.15) is 52.0 Å². The fourth-order valence-corrected chi connectivity index (χ4v) is 2.85. The molecule has 132 valence electrons. The van der Waals surface area contributed by atoms with Gasteiger partial charge in [-0.15, -0.1) is 0 Å². The minimum absolute atomic E-state index is 0.0571. The molecule has 1 saturated carbocycles. The molecule has 0 heterocycles. The summed E-state index contributed by atoms with van der Waals surface area (Å²) in [6, 6.07) is 7.93. The number of carboxylic acid groups (broad SMARTS) is 1. The summed E-state index contributed by atoms with van der Waals surface area (Å²) >= 11 is 0. The third-order valence-electron chi connectivity index (χ3n) is 4.66. The topological polar surface area (TPSA) is 75.6 Å². The molecular weight excluding hydrogens is 306 g/mol. The summed E-state index contributed by atoms with van der Waals surface area (Å²) in [6.07, 6.45) is 2.12. The zero-order chi connectivity index (χ0) is 17.8. The molecule has 0 bridgehead atoms. The van der Waals surface area contributed by atoms with Crippen LogP contribution in [0.3, 0.4) is 0 Å². The molecule has 0 aromatic heterocycles. The predicted octanol–water partition coefficient (Wildman–Crippen LogP) is 3.12. The molecule has 1 aromatic carbocycles. The zero-order valence-electron chi connectivity index (χ0n) is 14.7. The normalized spacial score (nSPS) is 16.1. The van der Waals surface area contributed by atoms with Gasteiger partial charge in [-0.1, -0.05) is 39.3 Å². The lowest BCUT2D eigenvalue weighted by Gasteiger charge is -2.36. The molecular formula is C19H27NO4. The van der Waals surface area contributed by atoms with E-state index < -0.39 is 11.4 Å². The third-order valence-corrected chi connectivity index (χ3v) is 4.66. The first-order valence-corrected chi connectivity index (χ1v) is 8.46. The zero-order valence-corrected chi connectivity index (χ0v) is 14.7. The van der Waals surface area contributed by atoms with Crippen LogP contribution in [0.2, 0.25) is 0 Å². The molecule has 0 unspecified atom stereocenters. The van der Waals surface area contributed by atoms with Gasteiger partial charge in [0.1, 0.15) is 12.4 Å². The predicted molar refractivity (Wildman–Crippen MR) is 92.2 cm³/mol. The minimum Gasteiger partial charge on any atom is -0.492 e. The summed E-state index contributed by atoms with van der Waals surface area (Å²) in [5.41, 5.74) is 0.408. The molecule has 1 aliphatic rings. The summed E-state index contributed by atoms with van der Waals surface area (Å²) in [6.45, 7) is 7.16. The van der Waals surface area contributed by atoms with E-state index in [1.807, 2.05) is 18.2 Å². The van der Waals surface area contributed by atoms with Crippen molar-refractivity contribution in [1.29, 1.82) is 0 Å². The molecule has 2 rings (SSSR count). The van der Waals surface area contributed by atoms with Crippen molar-refractivity contribution in [2.75, 3.05) is 13.2 Å². The highest BCUT2D eigenvalue weighted by atomic mass is 16.5. The summed E-state index contributed by atoms with van der Waals surface area (Å²) in [5.74, 6) is -0.305. The summed E-state index contributed by atoms with van der Waals surface area (Å²) in [4.78, 5) is 23.2. The Kier molecular flexibility index (Phi) is 5.52. The fraction of sp³-hybridized carbons (Fsp3) is 0.579. The van der Waals surface area contributed by atoms with E-state index in [0.717, 1.165) is 12.2 Å². The Hall–Kier alpha value is -2.04. The van der Waals surface area contributed by atoms with Gasteiger partial charge in [-0.2, -0.15) is 0 Å². The van der Waals surface area contributed by atoms with Gasteiger partial charge in [0.05, 0.1) is 12.0 Å². The summed E-state index contributed by atoms with van der Waals surface area (Å²) < 4.78 is 5.68. The highest BCUT2D eigenvalue weighted by Gasteiger charge is 2.45. The molecule has 2 N–H and O–H groups in total. The molecule has 1 aromatic rings. The van der Waals surface area contributed by atoms with E-state index >= 15 is 0 Å². The Morgan fingerprint density at radius 2 is 2.00 bits per heavy atom. The van der Waals surface area contributed by atoms with Crippen molar-refractivity contribution in [1.82, 2.24) is 5.32 Å². The minimum atomic E-state index is -0.862. The van der Waals surface area contributed by atoms with Crippen LogP contribution in [0.5, 0.6) is 5.75 Å². The number of carbonyl (C=O) groups excluding carboxylic acids is 1. The number of hydrogen-bond donors (Lipinski definition) is 2. The Bertz CT molecular complexity index is 600. The largest absolute Gasteiger partial charge is 0.492 e. The van der Waals surface area contributed by atoms with E-state index in [-0.39, 0.29) is 17.7 Å². The molecule has 5 nitrogen and oxygen atoms in total. The number of benzene rings is 1. The molecule has 1 aliphatic carbocycles. The number of hydrogen-bond acceptors (Lipinski definition) is 3. The van der Waals surface area contributed by atoms with Crippen LogP contribution >= 0.6 is 0 Å². The summed E-state index contributed by atoms with van der Waals surface area (Å²) in [7, 11) is 0. The molecule has 0 atom stereocenters. The Labute approximate surface area is 143 Å². The number of amides is 1. The Morgan fingerprint density at radius 1 is 1.29 bits per heavy atom. The lowest BCUT2D eigenvalue weighted by Crippen LogP contribution is -2.43. The van der Waals surface area contributed by atoms with Gasteiger partial charge < -0.3 is 15.2 Å². The second-order valence-corrected chi connectivity index (χ2v) is 7.59. The number of carboxylic acids is 1. The van der Waals surface area contributed by atoms with E-state index in [1.54, 1.807) is 0 Å². The van der Waals surface area contributed by atoms with Crippen molar-refractivity contribution >= 4 is 11.9 Å². The van der Waals surface area contributed by atoms with Crippen molar-refractivity contribution in [3.05, 3.63) is 29.8 Å². The van der Waals surface area contributed by atoms with Crippen LogP contribution in [0.15, 0.2) is 24.3 Å². The van der Waals surface area contributed by atoms with E-state index in [2.05, 4.69) is 32.2 Å². The van der Waals surface area contributed by atoms with Crippen molar-refractivity contribution in [3.8, 4) is 5.75 Å². The van der Waals surface area contributed by atoms with E-state index in [0.29, 0.717) is 26.0 Å². The average Bonchev–Trinajstić information content (AvgIpc) is 2.46. The van der Waals surface area contributed by atoms with Gasteiger partial charge in [-0.3, -0.25) is 9.59 Å². The first-order chi connectivity index (χ1) is 11.2. The number of aliphatic carboxylic acids is 1. The second-order valence-electron chi connectivity index (χ2n) is 7.59.